The summed E-state index contributed by atoms with van der Waals surface area (Å²) in [5, 5.41) is 21.8. The number of alkyl halides is 2. The predicted molar refractivity (Wildman–Crippen MR) is 94.5 cm³/mol. The van der Waals surface area contributed by atoms with Crippen molar-refractivity contribution < 1.29 is 23.1 Å². The zero-order valence-corrected chi connectivity index (χ0v) is 15.3. The number of aliphatic hydroxyl groups is 1. The smallest absolute Gasteiger partial charge is 0.266 e. The maximum Gasteiger partial charge on any atom is 0.266 e. The van der Waals surface area contributed by atoms with Crippen molar-refractivity contribution in [2.75, 3.05) is 11.9 Å². The molecule has 10 heteroatoms. The van der Waals surface area contributed by atoms with Gasteiger partial charge in [-0.3, -0.25) is 4.79 Å². The molecule has 0 bridgehead atoms. The van der Waals surface area contributed by atoms with Gasteiger partial charge in [-0.25, -0.2) is 13.2 Å². The Labute approximate surface area is 158 Å². The van der Waals surface area contributed by atoms with Gasteiger partial charge in [0.2, 0.25) is 0 Å². The third-order valence-electron chi connectivity index (χ3n) is 3.77. The van der Waals surface area contributed by atoms with Gasteiger partial charge >= 0.3 is 0 Å². The van der Waals surface area contributed by atoms with Crippen molar-refractivity contribution in [3.8, 4) is 0 Å². The van der Waals surface area contributed by atoms with E-state index in [0.29, 0.717) is 0 Å². The first-order valence-corrected chi connectivity index (χ1v) is 8.40. The van der Waals surface area contributed by atoms with Crippen molar-refractivity contribution in [3.63, 3.8) is 0 Å². The average Bonchev–Trinajstić information content (AvgIpc) is 2.62. The molecule has 0 aliphatic rings. The number of nitrogens with one attached hydrogen (secondary N) is 2. The molecule has 0 saturated carbocycles. The van der Waals surface area contributed by atoms with Gasteiger partial charge < -0.3 is 15.7 Å². The summed E-state index contributed by atoms with van der Waals surface area (Å²) in [6, 6.07) is 3.55. The van der Waals surface area contributed by atoms with E-state index in [-0.39, 0.29) is 28.7 Å². The van der Waals surface area contributed by atoms with E-state index < -0.39 is 35.8 Å². The van der Waals surface area contributed by atoms with E-state index in [4.69, 9.17) is 16.7 Å². The van der Waals surface area contributed by atoms with Crippen LogP contribution < -0.4 is 10.6 Å². The number of nitrogens with zero attached hydrogens (tertiary/aromatic N) is 2. The monoisotopic (exact) mass is 402 g/mol. The average molecular weight is 403 g/mol. The van der Waals surface area contributed by atoms with E-state index in [0.717, 1.165) is 6.07 Å². The predicted octanol–water partition coefficient (Wildman–Crippen LogP) is 3.49. The van der Waals surface area contributed by atoms with Crippen molar-refractivity contribution >= 4 is 23.3 Å². The number of aliphatic hydroxyl groups excluding tert-OH is 1. The van der Waals surface area contributed by atoms with Crippen LogP contribution in [0.3, 0.4) is 0 Å². The van der Waals surface area contributed by atoms with E-state index in [9.17, 15) is 18.0 Å². The number of carbonyl (C=O) groups is 1. The zero-order valence-electron chi connectivity index (χ0n) is 14.5. The molecule has 2 aromatic rings. The van der Waals surface area contributed by atoms with Crippen LogP contribution in [0.1, 0.15) is 47.8 Å². The number of hydrogen-bond donors (Lipinski definition) is 3. The first-order chi connectivity index (χ1) is 12.7. The Balaban J connectivity index is 2.27. The first-order valence-electron chi connectivity index (χ1n) is 8.02. The molecule has 0 spiro atoms. The van der Waals surface area contributed by atoms with Gasteiger partial charge in [0.25, 0.3) is 12.3 Å². The normalized spacial score (nSPS) is 13.3. The molecule has 0 saturated heterocycles. The highest BCUT2D eigenvalue weighted by Crippen LogP contribution is 2.27. The van der Waals surface area contributed by atoms with E-state index in [1.54, 1.807) is 6.92 Å². The highest BCUT2D eigenvalue weighted by Gasteiger charge is 2.22. The van der Waals surface area contributed by atoms with Crippen molar-refractivity contribution in [1.82, 2.24) is 15.5 Å². The van der Waals surface area contributed by atoms with Crippen LogP contribution in [0.5, 0.6) is 0 Å². The molecule has 2 atom stereocenters. The number of rotatable bonds is 7. The van der Waals surface area contributed by atoms with Crippen molar-refractivity contribution in [1.29, 1.82) is 0 Å². The van der Waals surface area contributed by atoms with Crippen LogP contribution in [0.4, 0.5) is 19.0 Å². The van der Waals surface area contributed by atoms with Crippen LogP contribution in [0.25, 0.3) is 0 Å². The molecule has 0 fully saturated rings. The third-order valence-corrected chi connectivity index (χ3v) is 3.96. The Bertz CT molecular complexity index is 823. The molecule has 0 radical (unpaired) electrons. The minimum Gasteiger partial charge on any atom is -0.394 e. The Hall–Kier alpha value is -2.39. The van der Waals surface area contributed by atoms with Crippen LogP contribution in [-0.4, -0.2) is 33.9 Å². The maximum absolute atomic E-state index is 14.3. The fourth-order valence-corrected chi connectivity index (χ4v) is 2.50. The van der Waals surface area contributed by atoms with Crippen LogP contribution >= 0.6 is 11.6 Å². The number of amides is 1. The number of benzene rings is 1. The summed E-state index contributed by atoms with van der Waals surface area (Å²) in [4.78, 5) is 12.6. The first kappa shape index (κ1) is 20.9. The number of carbonyl (C=O) groups excluding carboxylic acids is 1. The maximum atomic E-state index is 14.3. The molecule has 1 aromatic carbocycles. The highest BCUT2D eigenvalue weighted by atomic mass is 35.5. The number of anilines is 1. The van der Waals surface area contributed by atoms with Gasteiger partial charge in [0.1, 0.15) is 5.82 Å². The van der Waals surface area contributed by atoms with Crippen LogP contribution in [0.15, 0.2) is 24.3 Å². The molecule has 0 aliphatic heterocycles. The van der Waals surface area contributed by atoms with Crippen molar-refractivity contribution in [2.45, 2.75) is 32.4 Å². The SMILES string of the molecule is C[C@@H](CO)Nc1nnc(Cl)cc1C(=O)N[C@H](C)c1cccc(C(F)F)c1F. The van der Waals surface area contributed by atoms with Crippen LogP contribution in [-0.2, 0) is 0 Å². The summed E-state index contributed by atoms with van der Waals surface area (Å²) < 4.78 is 40.0. The zero-order chi connectivity index (χ0) is 20.1. The van der Waals surface area contributed by atoms with Crippen LogP contribution in [0, 0.1) is 5.82 Å². The van der Waals surface area contributed by atoms with Gasteiger partial charge in [-0.2, -0.15) is 0 Å². The highest BCUT2D eigenvalue weighted by molar-refractivity contribution is 6.29. The second-order valence-electron chi connectivity index (χ2n) is 5.90. The lowest BCUT2D eigenvalue weighted by molar-refractivity contribution is 0.0939. The lowest BCUT2D eigenvalue weighted by atomic mass is 10.0. The summed E-state index contributed by atoms with van der Waals surface area (Å²) in [7, 11) is 0. The summed E-state index contributed by atoms with van der Waals surface area (Å²) in [6.45, 7) is 2.91. The molecule has 1 amide bonds. The Morgan fingerprint density at radius 2 is 1.93 bits per heavy atom. The molecule has 6 nitrogen and oxygen atoms in total. The van der Waals surface area contributed by atoms with Crippen molar-refractivity contribution in [3.05, 3.63) is 51.9 Å². The fraction of sp³-hybridized carbons (Fsp3) is 0.353. The van der Waals surface area contributed by atoms with Crippen LogP contribution in [0.2, 0.25) is 5.15 Å². The largest absolute Gasteiger partial charge is 0.394 e. The second-order valence-corrected chi connectivity index (χ2v) is 6.29. The number of hydrogen-bond acceptors (Lipinski definition) is 5. The van der Waals surface area contributed by atoms with Crippen molar-refractivity contribution in [2.24, 2.45) is 0 Å². The Kier molecular flexibility index (Phi) is 6.98. The second kappa shape index (κ2) is 9.01. The molecule has 0 unspecified atom stereocenters. The topological polar surface area (TPSA) is 87.1 Å². The minimum absolute atomic E-state index is 0.0209. The van der Waals surface area contributed by atoms with E-state index in [1.165, 1.54) is 25.1 Å². The summed E-state index contributed by atoms with van der Waals surface area (Å²) in [6.07, 6.45) is -2.97. The Morgan fingerprint density at radius 1 is 1.26 bits per heavy atom. The Morgan fingerprint density at radius 3 is 2.56 bits per heavy atom. The van der Waals surface area contributed by atoms with Gasteiger partial charge in [0.05, 0.1) is 23.8 Å². The van der Waals surface area contributed by atoms with Gasteiger partial charge in [-0.05, 0) is 19.9 Å². The van der Waals surface area contributed by atoms with Gasteiger partial charge in [0, 0.05) is 11.6 Å². The fourth-order valence-electron chi connectivity index (χ4n) is 2.35. The van der Waals surface area contributed by atoms with Gasteiger partial charge in [-0.1, -0.05) is 29.8 Å². The summed E-state index contributed by atoms with van der Waals surface area (Å²) in [5.74, 6) is -1.65. The van der Waals surface area contributed by atoms with E-state index in [1.807, 2.05) is 0 Å². The molecule has 2 rings (SSSR count). The van der Waals surface area contributed by atoms with E-state index >= 15 is 0 Å². The molecule has 3 N–H and O–H groups in total. The molecule has 1 heterocycles. The third kappa shape index (κ3) is 5.08. The molecule has 146 valence electrons. The molecule has 0 aliphatic carbocycles. The lowest BCUT2D eigenvalue weighted by Gasteiger charge is -2.18. The lowest BCUT2D eigenvalue weighted by Crippen LogP contribution is -2.30. The van der Waals surface area contributed by atoms with E-state index in [2.05, 4.69) is 20.8 Å². The number of halogens is 4. The molecule has 1 aromatic heterocycles. The van der Waals surface area contributed by atoms with Gasteiger partial charge in [-0.15, -0.1) is 10.2 Å². The molecular formula is C17H18ClF3N4O2. The standard InChI is InChI=1S/C17H18ClF3N4O2/c1-8(7-26)22-16-12(6-13(18)24-25-16)17(27)23-9(2)10-4-3-5-11(14(10)19)15(20)21/h3-6,8-9,15,26H,7H2,1-2H3,(H,22,25)(H,23,27)/t8-,9+/m0/s1. The minimum atomic E-state index is -2.97. The van der Waals surface area contributed by atoms with Gasteiger partial charge in [0.15, 0.2) is 11.0 Å². The molecular weight excluding hydrogens is 385 g/mol. The summed E-state index contributed by atoms with van der Waals surface area (Å²) in [5.41, 5.74) is -0.790. The number of aromatic nitrogens is 2. The molecule has 27 heavy (non-hydrogen) atoms. The quantitative estimate of drug-likeness (QED) is 0.660. The summed E-state index contributed by atoms with van der Waals surface area (Å²) >= 11 is 5.79.